The number of ether oxygens (including phenoxy) is 2. The molecule has 0 saturated heterocycles. The van der Waals surface area contributed by atoms with Gasteiger partial charge in [-0.2, -0.15) is 5.26 Å². The third-order valence-electron chi connectivity index (χ3n) is 3.83. The average molecular weight is 332 g/mol. The molecular weight excluding hydrogens is 316 g/mol. The SMILES string of the molecule is COc1ccc(-c2cc(-c3ccncc3)nc(N)c2C#N)cc1OC. The van der Waals surface area contributed by atoms with E-state index in [1.165, 1.54) is 0 Å². The number of aromatic nitrogens is 2. The van der Waals surface area contributed by atoms with Crippen molar-refractivity contribution >= 4 is 5.82 Å². The Hall–Kier alpha value is -3.59. The second kappa shape index (κ2) is 6.89. The predicted octanol–water partition coefficient (Wildman–Crippen LogP) is 3.28. The first-order chi connectivity index (χ1) is 12.2. The number of hydrogen-bond donors (Lipinski definition) is 1. The summed E-state index contributed by atoms with van der Waals surface area (Å²) in [6, 6.07) is 13.1. The highest BCUT2D eigenvalue weighted by Gasteiger charge is 2.15. The maximum absolute atomic E-state index is 9.51. The monoisotopic (exact) mass is 332 g/mol. The first-order valence-electron chi connectivity index (χ1n) is 7.51. The molecule has 0 fully saturated rings. The minimum Gasteiger partial charge on any atom is -0.493 e. The van der Waals surface area contributed by atoms with Gasteiger partial charge in [-0.25, -0.2) is 4.98 Å². The van der Waals surface area contributed by atoms with E-state index in [4.69, 9.17) is 15.2 Å². The van der Waals surface area contributed by atoms with Crippen LogP contribution in [0.25, 0.3) is 22.4 Å². The summed E-state index contributed by atoms with van der Waals surface area (Å²) in [6.07, 6.45) is 3.36. The van der Waals surface area contributed by atoms with Crippen molar-refractivity contribution < 1.29 is 9.47 Å². The summed E-state index contributed by atoms with van der Waals surface area (Å²) in [7, 11) is 3.14. The van der Waals surface area contributed by atoms with Crippen molar-refractivity contribution in [1.29, 1.82) is 5.26 Å². The van der Waals surface area contributed by atoms with Gasteiger partial charge in [-0.15, -0.1) is 0 Å². The average Bonchev–Trinajstić information content (AvgIpc) is 2.67. The number of nitrogen functional groups attached to an aromatic ring is 1. The Labute approximate surface area is 145 Å². The number of hydrogen-bond acceptors (Lipinski definition) is 6. The van der Waals surface area contributed by atoms with Gasteiger partial charge in [0.1, 0.15) is 17.5 Å². The lowest BCUT2D eigenvalue weighted by atomic mass is 9.98. The zero-order valence-corrected chi connectivity index (χ0v) is 13.9. The van der Waals surface area contributed by atoms with E-state index in [0.717, 1.165) is 11.1 Å². The van der Waals surface area contributed by atoms with Crippen molar-refractivity contribution in [3.63, 3.8) is 0 Å². The molecule has 0 atom stereocenters. The van der Waals surface area contributed by atoms with Gasteiger partial charge < -0.3 is 15.2 Å². The van der Waals surface area contributed by atoms with E-state index in [1.54, 1.807) is 32.7 Å². The predicted molar refractivity (Wildman–Crippen MR) is 95.1 cm³/mol. The molecule has 0 unspecified atom stereocenters. The zero-order valence-electron chi connectivity index (χ0n) is 13.9. The van der Waals surface area contributed by atoms with Crippen molar-refractivity contribution in [2.45, 2.75) is 0 Å². The molecule has 0 amide bonds. The number of methoxy groups -OCH3 is 2. The van der Waals surface area contributed by atoms with Gasteiger partial charge >= 0.3 is 0 Å². The number of anilines is 1. The molecule has 0 aliphatic heterocycles. The molecule has 1 aromatic carbocycles. The Morgan fingerprint density at radius 2 is 1.68 bits per heavy atom. The van der Waals surface area contributed by atoms with Crippen LogP contribution in [0.5, 0.6) is 11.5 Å². The van der Waals surface area contributed by atoms with Crippen LogP contribution in [0.2, 0.25) is 0 Å². The Morgan fingerprint density at radius 3 is 2.32 bits per heavy atom. The van der Waals surface area contributed by atoms with Gasteiger partial charge in [-0.3, -0.25) is 4.98 Å². The van der Waals surface area contributed by atoms with E-state index in [9.17, 15) is 5.26 Å². The Bertz CT molecular complexity index is 950. The summed E-state index contributed by atoms with van der Waals surface area (Å²) < 4.78 is 10.6. The number of nitrogens with zero attached hydrogens (tertiary/aromatic N) is 3. The van der Waals surface area contributed by atoms with Gasteiger partial charge in [-0.1, -0.05) is 6.07 Å². The van der Waals surface area contributed by atoms with E-state index >= 15 is 0 Å². The highest BCUT2D eigenvalue weighted by Crippen LogP contribution is 2.36. The van der Waals surface area contributed by atoms with E-state index in [0.29, 0.717) is 28.3 Å². The summed E-state index contributed by atoms with van der Waals surface area (Å²) in [6.45, 7) is 0. The molecule has 0 aliphatic carbocycles. The van der Waals surface area contributed by atoms with Crippen LogP contribution >= 0.6 is 0 Å². The smallest absolute Gasteiger partial charge is 0.161 e. The van der Waals surface area contributed by atoms with Crippen molar-refractivity contribution in [3.05, 3.63) is 54.4 Å². The maximum atomic E-state index is 9.51. The van der Waals surface area contributed by atoms with E-state index in [2.05, 4.69) is 16.0 Å². The second-order valence-electron chi connectivity index (χ2n) is 5.23. The maximum Gasteiger partial charge on any atom is 0.161 e. The molecular formula is C19H16N4O2. The molecule has 0 radical (unpaired) electrons. The number of benzene rings is 1. The highest BCUT2D eigenvalue weighted by atomic mass is 16.5. The van der Waals surface area contributed by atoms with Crippen LogP contribution in [0, 0.1) is 11.3 Å². The van der Waals surface area contributed by atoms with E-state index in [1.807, 2.05) is 30.3 Å². The lowest BCUT2D eigenvalue weighted by molar-refractivity contribution is 0.355. The largest absolute Gasteiger partial charge is 0.493 e. The summed E-state index contributed by atoms with van der Waals surface area (Å²) in [5.74, 6) is 1.37. The number of nitrogens with two attached hydrogens (primary N) is 1. The topological polar surface area (TPSA) is 94.0 Å². The van der Waals surface area contributed by atoms with Crippen LogP contribution in [0.1, 0.15) is 5.56 Å². The van der Waals surface area contributed by atoms with Gasteiger partial charge in [-0.05, 0) is 35.9 Å². The van der Waals surface area contributed by atoms with Gasteiger partial charge in [0.2, 0.25) is 0 Å². The molecule has 0 spiro atoms. The van der Waals surface area contributed by atoms with Crippen molar-refractivity contribution in [2.24, 2.45) is 0 Å². The van der Waals surface area contributed by atoms with Crippen LogP contribution in [0.15, 0.2) is 48.8 Å². The molecule has 2 heterocycles. The minimum atomic E-state index is 0.182. The lowest BCUT2D eigenvalue weighted by Gasteiger charge is -2.13. The van der Waals surface area contributed by atoms with Crippen molar-refractivity contribution in [2.75, 3.05) is 20.0 Å². The molecule has 124 valence electrons. The molecule has 2 aromatic heterocycles. The molecule has 6 heteroatoms. The molecule has 25 heavy (non-hydrogen) atoms. The standard InChI is InChI=1S/C19H16N4O2/c1-24-17-4-3-13(9-18(17)25-2)14-10-16(12-5-7-22-8-6-12)23-19(21)15(14)11-20/h3-10H,1-2H3,(H2,21,23). The van der Waals surface area contributed by atoms with Gasteiger partial charge in [0.15, 0.2) is 11.5 Å². The first-order valence-corrected chi connectivity index (χ1v) is 7.51. The van der Waals surface area contributed by atoms with Crippen LogP contribution in [-0.4, -0.2) is 24.2 Å². The fraction of sp³-hybridized carbons (Fsp3) is 0.105. The molecule has 2 N–H and O–H groups in total. The Balaban J connectivity index is 2.21. The van der Waals surface area contributed by atoms with E-state index in [-0.39, 0.29) is 5.82 Å². The van der Waals surface area contributed by atoms with Gasteiger partial charge in [0.25, 0.3) is 0 Å². The van der Waals surface area contributed by atoms with Crippen LogP contribution in [-0.2, 0) is 0 Å². The minimum absolute atomic E-state index is 0.182. The number of rotatable bonds is 4. The lowest BCUT2D eigenvalue weighted by Crippen LogP contribution is -2.00. The van der Waals surface area contributed by atoms with Crippen molar-refractivity contribution in [3.8, 4) is 40.0 Å². The summed E-state index contributed by atoms with van der Waals surface area (Å²) in [5, 5.41) is 9.51. The molecule has 0 aliphatic rings. The zero-order chi connectivity index (χ0) is 17.8. The van der Waals surface area contributed by atoms with Crippen molar-refractivity contribution in [1.82, 2.24) is 9.97 Å². The van der Waals surface area contributed by atoms with Gasteiger partial charge in [0, 0.05) is 23.5 Å². The molecule has 0 saturated carbocycles. The Kier molecular flexibility index (Phi) is 4.48. The molecule has 3 rings (SSSR count). The Morgan fingerprint density at radius 1 is 0.960 bits per heavy atom. The summed E-state index contributed by atoms with van der Waals surface area (Å²) >= 11 is 0. The quantitative estimate of drug-likeness (QED) is 0.788. The fourth-order valence-electron chi connectivity index (χ4n) is 2.58. The van der Waals surface area contributed by atoms with Gasteiger partial charge in [0.05, 0.1) is 19.9 Å². The summed E-state index contributed by atoms with van der Waals surface area (Å²) in [4.78, 5) is 8.36. The van der Waals surface area contributed by atoms with Crippen LogP contribution in [0.3, 0.4) is 0 Å². The first kappa shape index (κ1) is 16.3. The number of nitriles is 1. The fourth-order valence-corrected chi connectivity index (χ4v) is 2.58. The highest BCUT2D eigenvalue weighted by molar-refractivity contribution is 5.81. The molecule has 0 bridgehead atoms. The van der Waals surface area contributed by atoms with Crippen LogP contribution < -0.4 is 15.2 Å². The molecule has 6 nitrogen and oxygen atoms in total. The summed E-state index contributed by atoms with van der Waals surface area (Å²) in [5.41, 5.74) is 9.36. The normalized spacial score (nSPS) is 10.1. The van der Waals surface area contributed by atoms with Crippen LogP contribution in [0.4, 0.5) is 5.82 Å². The number of pyridine rings is 2. The second-order valence-corrected chi connectivity index (χ2v) is 5.23. The third kappa shape index (κ3) is 3.08. The third-order valence-corrected chi connectivity index (χ3v) is 3.83. The molecule has 3 aromatic rings. The van der Waals surface area contributed by atoms with E-state index < -0.39 is 0 Å².